The number of anilines is 1. The van der Waals surface area contributed by atoms with Crippen LogP contribution in [-0.4, -0.2) is 10.1 Å². The van der Waals surface area contributed by atoms with Crippen molar-refractivity contribution in [3.63, 3.8) is 0 Å². The largest absolute Gasteiger partial charge is 0.376 e. The van der Waals surface area contributed by atoms with Crippen LogP contribution in [0.1, 0.15) is 11.5 Å². The van der Waals surface area contributed by atoms with Crippen LogP contribution in [0, 0.1) is 6.92 Å². The fourth-order valence-electron chi connectivity index (χ4n) is 1.71. The summed E-state index contributed by atoms with van der Waals surface area (Å²) < 4.78 is 5.21. The lowest BCUT2D eigenvalue weighted by atomic mass is 10.2. The molecule has 2 aromatic heterocycles. The van der Waals surface area contributed by atoms with Gasteiger partial charge in [0.1, 0.15) is 0 Å². The molecule has 1 aromatic carbocycles. The molecule has 3 aromatic rings. The smallest absolute Gasteiger partial charge is 0.246 e. The predicted molar refractivity (Wildman–Crippen MR) is 81.1 cm³/mol. The first-order chi connectivity index (χ1) is 9.72. The highest BCUT2D eigenvalue weighted by molar-refractivity contribution is 7.13. The highest BCUT2D eigenvalue weighted by Gasteiger charge is 2.09. The molecule has 20 heavy (non-hydrogen) atoms. The molecule has 0 aliphatic heterocycles. The number of hydrogen-bond donors (Lipinski definition) is 1. The summed E-state index contributed by atoms with van der Waals surface area (Å²) in [6.45, 7) is 2.44. The van der Waals surface area contributed by atoms with E-state index in [-0.39, 0.29) is 0 Å². The Hall–Kier alpha value is -1.85. The van der Waals surface area contributed by atoms with Crippen molar-refractivity contribution in [1.29, 1.82) is 0 Å². The highest BCUT2D eigenvalue weighted by Crippen LogP contribution is 2.22. The second kappa shape index (κ2) is 5.64. The maximum atomic E-state index is 6.08. The van der Waals surface area contributed by atoms with Gasteiger partial charge >= 0.3 is 0 Å². The Bertz CT molecular complexity index is 709. The fourth-order valence-corrected chi connectivity index (χ4v) is 2.54. The van der Waals surface area contributed by atoms with Gasteiger partial charge in [0.05, 0.1) is 11.4 Å². The molecule has 0 radical (unpaired) electrons. The molecule has 0 saturated heterocycles. The number of hydrogen-bond acceptors (Lipinski definition) is 5. The zero-order chi connectivity index (χ0) is 13.9. The third kappa shape index (κ3) is 2.84. The van der Waals surface area contributed by atoms with Gasteiger partial charge in [-0.2, -0.15) is 4.98 Å². The van der Waals surface area contributed by atoms with Gasteiger partial charge in [-0.05, 0) is 36.1 Å². The molecule has 0 aliphatic carbocycles. The Morgan fingerprint density at radius 2 is 2.25 bits per heavy atom. The minimum atomic E-state index is 0.470. The molecule has 0 fully saturated rings. The molecule has 102 valence electrons. The van der Waals surface area contributed by atoms with Crippen molar-refractivity contribution in [3.8, 4) is 10.7 Å². The maximum absolute atomic E-state index is 6.08. The second-order valence-electron chi connectivity index (χ2n) is 4.31. The van der Waals surface area contributed by atoms with Gasteiger partial charge < -0.3 is 9.84 Å². The van der Waals surface area contributed by atoms with Crippen molar-refractivity contribution in [2.75, 3.05) is 5.32 Å². The van der Waals surface area contributed by atoms with E-state index in [2.05, 4.69) is 15.5 Å². The number of benzene rings is 1. The van der Waals surface area contributed by atoms with Crippen LogP contribution in [-0.2, 0) is 6.54 Å². The van der Waals surface area contributed by atoms with Crippen LogP contribution in [0.3, 0.4) is 0 Å². The molecule has 2 heterocycles. The molecule has 0 spiro atoms. The lowest BCUT2D eigenvalue weighted by Gasteiger charge is -2.05. The lowest BCUT2D eigenvalue weighted by Crippen LogP contribution is -1.99. The summed E-state index contributed by atoms with van der Waals surface area (Å²) in [6.07, 6.45) is 0. The fraction of sp³-hybridized carbons (Fsp3) is 0.143. The quantitative estimate of drug-likeness (QED) is 0.777. The van der Waals surface area contributed by atoms with Crippen LogP contribution in [0.4, 0.5) is 5.69 Å². The summed E-state index contributed by atoms with van der Waals surface area (Å²) in [4.78, 5) is 5.34. The Labute approximate surface area is 125 Å². The molecular weight excluding hydrogens is 294 g/mol. The SMILES string of the molecule is Cc1ccc(NCc2nc(-c3cccs3)no2)cc1Cl. The van der Waals surface area contributed by atoms with Crippen molar-refractivity contribution in [1.82, 2.24) is 10.1 Å². The average Bonchev–Trinajstić information content (AvgIpc) is 3.09. The Morgan fingerprint density at radius 1 is 1.35 bits per heavy atom. The zero-order valence-corrected chi connectivity index (χ0v) is 12.3. The minimum Gasteiger partial charge on any atom is -0.376 e. The highest BCUT2D eigenvalue weighted by atomic mass is 35.5. The van der Waals surface area contributed by atoms with Crippen LogP contribution in [0.15, 0.2) is 40.2 Å². The maximum Gasteiger partial charge on any atom is 0.246 e. The monoisotopic (exact) mass is 305 g/mol. The molecular formula is C14H12ClN3OS. The number of halogens is 1. The lowest BCUT2D eigenvalue weighted by molar-refractivity contribution is 0.384. The third-order valence-corrected chi connectivity index (χ3v) is 4.10. The summed E-state index contributed by atoms with van der Waals surface area (Å²) in [5.74, 6) is 1.17. The van der Waals surface area contributed by atoms with E-state index in [4.69, 9.17) is 16.1 Å². The number of nitrogens with zero attached hydrogens (tertiary/aromatic N) is 2. The van der Waals surface area contributed by atoms with Crippen LogP contribution in [0.25, 0.3) is 10.7 Å². The Morgan fingerprint density at radius 3 is 3.00 bits per heavy atom. The normalized spacial score (nSPS) is 10.7. The first kappa shape index (κ1) is 13.1. The molecule has 0 atom stereocenters. The minimum absolute atomic E-state index is 0.470. The Kier molecular flexibility index (Phi) is 3.71. The van der Waals surface area contributed by atoms with E-state index in [0.717, 1.165) is 21.2 Å². The van der Waals surface area contributed by atoms with Gasteiger partial charge in [0.15, 0.2) is 0 Å². The van der Waals surface area contributed by atoms with Crippen LogP contribution < -0.4 is 5.32 Å². The Balaban J connectivity index is 1.68. The molecule has 4 nitrogen and oxygen atoms in total. The standard InChI is InChI=1S/C14H12ClN3OS/c1-9-4-5-10(7-11(9)15)16-8-13-17-14(18-19-13)12-3-2-6-20-12/h2-7,16H,8H2,1H3. The number of aryl methyl sites for hydroxylation is 1. The van der Waals surface area contributed by atoms with E-state index < -0.39 is 0 Å². The van der Waals surface area contributed by atoms with Gasteiger partial charge in [-0.25, -0.2) is 0 Å². The third-order valence-electron chi connectivity index (χ3n) is 2.83. The molecule has 6 heteroatoms. The van der Waals surface area contributed by atoms with Crippen molar-refractivity contribution in [3.05, 3.63) is 52.2 Å². The van der Waals surface area contributed by atoms with E-state index in [9.17, 15) is 0 Å². The van der Waals surface area contributed by atoms with Gasteiger partial charge in [0.2, 0.25) is 11.7 Å². The number of nitrogens with one attached hydrogen (secondary N) is 1. The van der Waals surface area contributed by atoms with Gasteiger partial charge in [0, 0.05) is 10.7 Å². The summed E-state index contributed by atoms with van der Waals surface area (Å²) in [7, 11) is 0. The zero-order valence-electron chi connectivity index (χ0n) is 10.8. The van der Waals surface area contributed by atoms with Crippen LogP contribution in [0.2, 0.25) is 5.02 Å². The summed E-state index contributed by atoms with van der Waals surface area (Å²) >= 11 is 7.66. The molecule has 3 rings (SSSR count). The van der Waals surface area contributed by atoms with Crippen LogP contribution >= 0.6 is 22.9 Å². The summed E-state index contributed by atoms with van der Waals surface area (Å²) in [5.41, 5.74) is 1.98. The average molecular weight is 306 g/mol. The van der Waals surface area contributed by atoms with E-state index in [1.54, 1.807) is 11.3 Å². The molecule has 0 unspecified atom stereocenters. The molecule has 1 N–H and O–H groups in total. The topological polar surface area (TPSA) is 51.0 Å². The van der Waals surface area contributed by atoms with Gasteiger partial charge in [-0.15, -0.1) is 11.3 Å². The van der Waals surface area contributed by atoms with Crippen molar-refractivity contribution in [2.45, 2.75) is 13.5 Å². The molecule has 0 saturated carbocycles. The van der Waals surface area contributed by atoms with E-state index >= 15 is 0 Å². The number of thiophene rings is 1. The van der Waals surface area contributed by atoms with Crippen molar-refractivity contribution in [2.24, 2.45) is 0 Å². The molecule has 0 bridgehead atoms. The van der Waals surface area contributed by atoms with Gasteiger partial charge in [-0.1, -0.05) is 28.9 Å². The number of rotatable bonds is 4. The van der Waals surface area contributed by atoms with Gasteiger partial charge in [-0.3, -0.25) is 0 Å². The molecule has 0 amide bonds. The van der Waals surface area contributed by atoms with E-state index in [1.807, 2.05) is 42.6 Å². The van der Waals surface area contributed by atoms with E-state index in [1.165, 1.54) is 0 Å². The van der Waals surface area contributed by atoms with Gasteiger partial charge in [0.25, 0.3) is 0 Å². The van der Waals surface area contributed by atoms with E-state index in [0.29, 0.717) is 18.3 Å². The molecule has 0 aliphatic rings. The van der Waals surface area contributed by atoms with Crippen molar-refractivity contribution >= 4 is 28.6 Å². The van der Waals surface area contributed by atoms with Crippen molar-refractivity contribution < 1.29 is 4.52 Å². The first-order valence-corrected chi connectivity index (χ1v) is 7.34. The second-order valence-corrected chi connectivity index (χ2v) is 5.66. The number of aromatic nitrogens is 2. The first-order valence-electron chi connectivity index (χ1n) is 6.09. The summed E-state index contributed by atoms with van der Waals surface area (Å²) in [6, 6.07) is 9.75. The summed E-state index contributed by atoms with van der Waals surface area (Å²) in [5, 5.41) is 9.89. The predicted octanol–water partition coefficient (Wildman–Crippen LogP) is 4.37. The van der Waals surface area contributed by atoms with Crippen LogP contribution in [0.5, 0.6) is 0 Å².